The van der Waals surface area contributed by atoms with Crippen LogP contribution in [-0.2, 0) is 4.79 Å². The van der Waals surface area contributed by atoms with E-state index in [1.54, 1.807) is 4.68 Å². The average Bonchev–Trinajstić information content (AvgIpc) is 2.75. The van der Waals surface area contributed by atoms with Gasteiger partial charge in [0.2, 0.25) is 5.91 Å². The van der Waals surface area contributed by atoms with Crippen molar-refractivity contribution in [2.45, 2.75) is 33.2 Å². The summed E-state index contributed by atoms with van der Waals surface area (Å²) in [5.41, 5.74) is 7.77. The Balaban J connectivity index is 2.68. The molecule has 0 fully saturated rings. The Labute approximate surface area is 116 Å². The minimum Gasteiger partial charge on any atom is -0.368 e. The second-order valence-corrected chi connectivity index (χ2v) is 4.83. The predicted molar refractivity (Wildman–Crippen MR) is 75.8 cm³/mol. The van der Waals surface area contributed by atoms with Crippen LogP contribution in [0, 0.1) is 13.8 Å². The Bertz CT molecular complexity index is 699. The molecule has 1 atom stereocenters. The molecule has 0 saturated carbocycles. The molecular weight excluding hydrogens is 256 g/mol. The van der Waals surface area contributed by atoms with E-state index in [-0.39, 0.29) is 0 Å². The summed E-state index contributed by atoms with van der Waals surface area (Å²) in [5.74, 6) is -0.540. The van der Waals surface area contributed by atoms with Gasteiger partial charge in [-0.1, -0.05) is 19.1 Å². The Kier molecular flexibility index (Phi) is 3.74. The molecular formula is C14H18N4O2. The number of amides is 1. The van der Waals surface area contributed by atoms with Crippen LogP contribution in [0.15, 0.2) is 29.3 Å². The van der Waals surface area contributed by atoms with Gasteiger partial charge in [-0.05, 0) is 37.5 Å². The fourth-order valence-corrected chi connectivity index (χ4v) is 2.23. The molecule has 6 heteroatoms. The van der Waals surface area contributed by atoms with Crippen LogP contribution in [0.5, 0.6) is 0 Å². The van der Waals surface area contributed by atoms with Crippen LogP contribution in [-0.4, -0.2) is 20.3 Å². The highest BCUT2D eigenvalue weighted by Crippen LogP contribution is 2.17. The number of rotatable bonds is 4. The van der Waals surface area contributed by atoms with E-state index < -0.39 is 17.6 Å². The minimum absolute atomic E-state index is 0.436. The molecule has 2 aromatic rings. The van der Waals surface area contributed by atoms with E-state index in [0.29, 0.717) is 6.42 Å². The second-order valence-electron chi connectivity index (χ2n) is 4.83. The lowest BCUT2D eigenvalue weighted by Crippen LogP contribution is -2.36. The van der Waals surface area contributed by atoms with Gasteiger partial charge in [0.05, 0.1) is 5.69 Å². The van der Waals surface area contributed by atoms with Gasteiger partial charge in [0, 0.05) is 0 Å². The number of nitrogens with two attached hydrogens (primary N) is 1. The fourth-order valence-electron chi connectivity index (χ4n) is 2.23. The molecule has 2 N–H and O–H groups in total. The van der Waals surface area contributed by atoms with Gasteiger partial charge in [0.1, 0.15) is 12.4 Å². The number of nitrogens with zero attached hydrogens (tertiary/aromatic N) is 3. The summed E-state index contributed by atoms with van der Waals surface area (Å²) in [6.45, 7) is 5.71. The summed E-state index contributed by atoms with van der Waals surface area (Å²) in [6.07, 6.45) is 1.86. The van der Waals surface area contributed by atoms with E-state index in [4.69, 9.17) is 5.73 Å². The predicted octanol–water partition coefficient (Wildman–Crippen LogP) is 1.09. The summed E-state index contributed by atoms with van der Waals surface area (Å²) >= 11 is 0. The van der Waals surface area contributed by atoms with E-state index in [1.165, 1.54) is 11.0 Å². The van der Waals surface area contributed by atoms with Crippen molar-refractivity contribution < 1.29 is 4.79 Å². The first-order valence-corrected chi connectivity index (χ1v) is 6.48. The van der Waals surface area contributed by atoms with Gasteiger partial charge >= 0.3 is 5.69 Å². The van der Waals surface area contributed by atoms with Gasteiger partial charge in [-0.3, -0.25) is 4.79 Å². The topological polar surface area (TPSA) is 82.9 Å². The largest absolute Gasteiger partial charge is 0.368 e. The maximum atomic E-state index is 11.9. The number of carbonyl (C=O) groups is 1. The van der Waals surface area contributed by atoms with E-state index in [9.17, 15) is 9.59 Å². The summed E-state index contributed by atoms with van der Waals surface area (Å²) < 4.78 is 2.91. The molecule has 0 aliphatic rings. The lowest BCUT2D eigenvalue weighted by molar-refractivity contribution is -0.121. The van der Waals surface area contributed by atoms with Crippen molar-refractivity contribution in [2.24, 2.45) is 5.73 Å². The number of primary amides is 1. The number of aryl methyl sites for hydroxylation is 2. The molecule has 20 heavy (non-hydrogen) atoms. The highest BCUT2D eigenvalue weighted by Gasteiger charge is 2.21. The van der Waals surface area contributed by atoms with E-state index >= 15 is 0 Å². The molecule has 1 heterocycles. The van der Waals surface area contributed by atoms with Gasteiger partial charge in [-0.2, -0.15) is 4.98 Å². The third kappa shape index (κ3) is 2.36. The van der Waals surface area contributed by atoms with Crippen LogP contribution in [0.3, 0.4) is 0 Å². The van der Waals surface area contributed by atoms with Gasteiger partial charge in [0.15, 0.2) is 0 Å². The number of hydrogen-bond donors (Lipinski definition) is 1. The van der Waals surface area contributed by atoms with Gasteiger partial charge in [-0.25, -0.2) is 14.2 Å². The van der Waals surface area contributed by atoms with Crippen LogP contribution < -0.4 is 11.4 Å². The number of carbonyl (C=O) groups excluding carboxylic acids is 1. The maximum absolute atomic E-state index is 11.9. The summed E-state index contributed by atoms with van der Waals surface area (Å²) in [5, 5.41) is 0. The van der Waals surface area contributed by atoms with Crippen molar-refractivity contribution in [1.29, 1.82) is 0 Å². The fraction of sp³-hybridized carbons (Fsp3) is 0.357. The molecule has 2 rings (SSSR count). The summed E-state index contributed by atoms with van der Waals surface area (Å²) in [4.78, 5) is 27.3. The highest BCUT2D eigenvalue weighted by atomic mass is 16.2. The van der Waals surface area contributed by atoms with Gasteiger partial charge in [-0.15, -0.1) is 0 Å². The molecule has 106 valence electrons. The summed E-state index contributed by atoms with van der Waals surface area (Å²) in [7, 11) is 0. The number of benzene rings is 1. The smallest absolute Gasteiger partial charge is 0.364 e. The first-order valence-electron chi connectivity index (χ1n) is 6.48. The van der Waals surface area contributed by atoms with Crippen molar-refractivity contribution >= 4 is 5.91 Å². The second kappa shape index (κ2) is 5.32. The Morgan fingerprint density at radius 1 is 1.40 bits per heavy atom. The van der Waals surface area contributed by atoms with E-state index in [1.807, 2.05) is 39.0 Å². The molecule has 1 aromatic heterocycles. The van der Waals surface area contributed by atoms with Crippen LogP contribution in [0.25, 0.3) is 5.69 Å². The molecule has 6 nitrogen and oxygen atoms in total. The zero-order chi connectivity index (χ0) is 14.9. The van der Waals surface area contributed by atoms with E-state index in [0.717, 1.165) is 16.8 Å². The number of aromatic nitrogens is 3. The molecule has 0 saturated heterocycles. The molecule has 0 spiro atoms. The standard InChI is InChI=1S/C14H18N4O2/c1-4-11(13(15)19)18-14(20)16-8-17(18)12-7-9(2)5-6-10(12)3/h5-8,11H,4H2,1-3H3,(H2,15,19)/t11-/m0/s1. The maximum Gasteiger partial charge on any atom is 0.364 e. The zero-order valence-electron chi connectivity index (χ0n) is 11.8. The van der Waals surface area contributed by atoms with Crippen LogP contribution in [0.2, 0.25) is 0 Å². The third-order valence-corrected chi connectivity index (χ3v) is 3.33. The SMILES string of the molecule is CC[C@@H](C(N)=O)n1c(=O)ncn1-c1cc(C)ccc1C. The van der Waals surface area contributed by atoms with Gasteiger partial charge < -0.3 is 5.73 Å². The van der Waals surface area contributed by atoms with E-state index in [2.05, 4.69) is 4.98 Å². The molecule has 0 aliphatic heterocycles. The third-order valence-electron chi connectivity index (χ3n) is 3.33. The molecule has 1 amide bonds. The Hall–Kier alpha value is -2.37. The average molecular weight is 274 g/mol. The molecule has 0 unspecified atom stereocenters. The van der Waals surface area contributed by atoms with Crippen molar-refractivity contribution in [3.8, 4) is 5.69 Å². The van der Waals surface area contributed by atoms with Crippen molar-refractivity contribution in [3.05, 3.63) is 46.1 Å². The Morgan fingerprint density at radius 2 is 2.10 bits per heavy atom. The van der Waals surface area contributed by atoms with Crippen LogP contribution in [0.1, 0.15) is 30.5 Å². The van der Waals surface area contributed by atoms with Crippen molar-refractivity contribution in [3.63, 3.8) is 0 Å². The van der Waals surface area contributed by atoms with Crippen LogP contribution >= 0.6 is 0 Å². The van der Waals surface area contributed by atoms with Gasteiger partial charge in [0.25, 0.3) is 0 Å². The first-order chi connectivity index (χ1) is 9.45. The zero-order valence-corrected chi connectivity index (χ0v) is 11.8. The lowest BCUT2D eigenvalue weighted by atomic mass is 10.1. The molecule has 0 radical (unpaired) electrons. The quantitative estimate of drug-likeness (QED) is 0.905. The normalized spacial score (nSPS) is 12.3. The Morgan fingerprint density at radius 3 is 2.70 bits per heavy atom. The highest BCUT2D eigenvalue weighted by molar-refractivity contribution is 5.78. The monoisotopic (exact) mass is 274 g/mol. The molecule has 0 bridgehead atoms. The molecule has 1 aromatic carbocycles. The number of hydrogen-bond acceptors (Lipinski definition) is 3. The summed E-state index contributed by atoms with van der Waals surface area (Å²) in [6, 6.07) is 5.19. The van der Waals surface area contributed by atoms with Crippen molar-refractivity contribution in [1.82, 2.24) is 14.3 Å². The lowest BCUT2D eigenvalue weighted by Gasteiger charge is -2.18. The minimum atomic E-state index is -0.704. The first kappa shape index (κ1) is 14.0. The van der Waals surface area contributed by atoms with Crippen LogP contribution in [0.4, 0.5) is 0 Å². The van der Waals surface area contributed by atoms with Crippen molar-refractivity contribution in [2.75, 3.05) is 0 Å². The molecule has 0 aliphatic carbocycles.